The minimum Gasteiger partial charge on any atom is -0.115 e. The van der Waals surface area contributed by atoms with Gasteiger partial charge in [0.05, 0.1) is 0 Å². The van der Waals surface area contributed by atoms with Gasteiger partial charge >= 0.3 is 0 Å². The molecule has 140 valence electrons. The standard InChI is InChI=1S/C29H24/c1-4-20-11-15-25-26-16-14-24(19-28(26)29(5-2,6-3)27(25)17-20)23-13-12-21-9-7-8-10-22(21)18-23/h1,7-19H,5-6H2,2-3H3. The van der Waals surface area contributed by atoms with E-state index in [0.29, 0.717) is 0 Å². The fourth-order valence-corrected chi connectivity index (χ4v) is 5.15. The van der Waals surface area contributed by atoms with Gasteiger partial charge in [-0.3, -0.25) is 0 Å². The van der Waals surface area contributed by atoms with Crippen LogP contribution in [0.4, 0.5) is 0 Å². The summed E-state index contributed by atoms with van der Waals surface area (Å²) in [5.74, 6) is 2.82. The Morgan fingerprint density at radius 1 is 0.690 bits per heavy atom. The highest BCUT2D eigenvalue weighted by Crippen LogP contribution is 2.53. The van der Waals surface area contributed by atoms with Crippen molar-refractivity contribution in [1.29, 1.82) is 0 Å². The Kier molecular flexibility index (Phi) is 4.07. The fourth-order valence-electron chi connectivity index (χ4n) is 5.15. The van der Waals surface area contributed by atoms with Gasteiger partial charge in [0.15, 0.2) is 0 Å². The largest absolute Gasteiger partial charge is 0.115 e. The summed E-state index contributed by atoms with van der Waals surface area (Å²) in [6.07, 6.45) is 7.85. The molecule has 29 heavy (non-hydrogen) atoms. The number of terminal acetylenes is 1. The normalized spacial score (nSPS) is 13.7. The molecule has 0 aliphatic heterocycles. The van der Waals surface area contributed by atoms with Crippen molar-refractivity contribution in [3.8, 4) is 34.6 Å². The Bertz CT molecular complexity index is 1280. The quantitative estimate of drug-likeness (QED) is 0.325. The molecule has 0 amide bonds. The number of hydrogen-bond donors (Lipinski definition) is 0. The van der Waals surface area contributed by atoms with Gasteiger partial charge < -0.3 is 0 Å². The minimum atomic E-state index is 0.0321. The first-order valence-corrected chi connectivity index (χ1v) is 10.5. The molecule has 0 spiro atoms. The molecule has 1 aliphatic rings. The van der Waals surface area contributed by atoms with E-state index >= 15 is 0 Å². The molecule has 4 aromatic rings. The second-order valence-electron chi connectivity index (χ2n) is 8.02. The molecule has 0 bridgehead atoms. The van der Waals surface area contributed by atoms with Gasteiger partial charge in [-0.05, 0) is 81.3 Å². The van der Waals surface area contributed by atoms with Gasteiger partial charge in [-0.1, -0.05) is 74.4 Å². The van der Waals surface area contributed by atoms with E-state index in [0.717, 1.165) is 18.4 Å². The van der Waals surface area contributed by atoms with Crippen LogP contribution in [0.3, 0.4) is 0 Å². The van der Waals surface area contributed by atoms with Crippen LogP contribution in [0.15, 0.2) is 78.9 Å². The topological polar surface area (TPSA) is 0 Å². The molecule has 0 heterocycles. The Morgan fingerprint density at radius 3 is 2.03 bits per heavy atom. The summed E-state index contributed by atoms with van der Waals surface area (Å²) >= 11 is 0. The SMILES string of the molecule is C#Cc1ccc2c(c1)C(CC)(CC)c1cc(-c3ccc4ccccc4c3)ccc1-2. The van der Waals surface area contributed by atoms with Crippen molar-refractivity contribution in [2.75, 3.05) is 0 Å². The van der Waals surface area contributed by atoms with Gasteiger partial charge in [-0.15, -0.1) is 6.42 Å². The summed E-state index contributed by atoms with van der Waals surface area (Å²) in [5, 5.41) is 2.56. The smallest absolute Gasteiger partial charge is 0.0246 e. The van der Waals surface area contributed by atoms with Crippen LogP contribution in [-0.4, -0.2) is 0 Å². The van der Waals surface area contributed by atoms with Crippen molar-refractivity contribution in [1.82, 2.24) is 0 Å². The number of fused-ring (bicyclic) bond motifs is 4. The molecular formula is C29H24. The number of benzene rings is 4. The van der Waals surface area contributed by atoms with Crippen LogP contribution in [0.5, 0.6) is 0 Å². The Labute approximate surface area is 173 Å². The monoisotopic (exact) mass is 372 g/mol. The third kappa shape index (κ3) is 2.55. The molecule has 0 heteroatoms. The van der Waals surface area contributed by atoms with Crippen LogP contribution < -0.4 is 0 Å². The van der Waals surface area contributed by atoms with Gasteiger partial charge in [0.1, 0.15) is 0 Å². The van der Waals surface area contributed by atoms with E-state index in [9.17, 15) is 0 Å². The first kappa shape index (κ1) is 17.8. The first-order chi connectivity index (χ1) is 14.2. The van der Waals surface area contributed by atoms with Crippen molar-refractivity contribution < 1.29 is 0 Å². The maximum atomic E-state index is 5.72. The Morgan fingerprint density at radius 2 is 1.31 bits per heavy atom. The molecular weight excluding hydrogens is 348 g/mol. The van der Waals surface area contributed by atoms with E-state index < -0.39 is 0 Å². The van der Waals surface area contributed by atoms with Crippen LogP contribution in [0.2, 0.25) is 0 Å². The lowest BCUT2D eigenvalue weighted by Gasteiger charge is -2.30. The van der Waals surface area contributed by atoms with Crippen molar-refractivity contribution in [2.45, 2.75) is 32.1 Å². The van der Waals surface area contributed by atoms with Gasteiger partial charge in [-0.2, -0.15) is 0 Å². The van der Waals surface area contributed by atoms with Crippen molar-refractivity contribution in [3.63, 3.8) is 0 Å². The number of hydrogen-bond acceptors (Lipinski definition) is 0. The second kappa shape index (κ2) is 6.64. The van der Waals surface area contributed by atoms with Crippen LogP contribution in [0.25, 0.3) is 33.0 Å². The lowest BCUT2D eigenvalue weighted by molar-refractivity contribution is 0.490. The Balaban J connectivity index is 1.71. The van der Waals surface area contributed by atoms with E-state index in [1.54, 1.807) is 0 Å². The van der Waals surface area contributed by atoms with Gasteiger partial charge in [0.2, 0.25) is 0 Å². The molecule has 0 N–H and O–H groups in total. The first-order valence-electron chi connectivity index (χ1n) is 10.5. The summed E-state index contributed by atoms with van der Waals surface area (Å²) in [4.78, 5) is 0. The maximum Gasteiger partial charge on any atom is 0.0246 e. The average Bonchev–Trinajstić information content (AvgIpc) is 3.07. The molecule has 0 atom stereocenters. The van der Waals surface area contributed by atoms with Crippen molar-refractivity contribution >= 4 is 10.8 Å². The van der Waals surface area contributed by atoms with E-state index in [1.807, 2.05) is 0 Å². The van der Waals surface area contributed by atoms with Crippen LogP contribution in [0, 0.1) is 12.3 Å². The van der Waals surface area contributed by atoms with Gasteiger partial charge in [0.25, 0.3) is 0 Å². The molecule has 0 radical (unpaired) electrons. The maximum absolute atomic E-state index is 5.72. The molecule has 4 aromatic carbocycles. The highest BCUT2D eigenvalue weighted by atomic mass is 14.4. The molecule has 5 rings (SSSR count). The van der Waals surface area contributed by atoms with Crippen molar-refractivity contribution in [3.05, 3.63) is 95.6 Å². The zero-order chi connectivity index (χ0) is 20.0. The lowest BCUT2D eigenvalue weighted by Crippen LogP contribution is -2.23. The molecule has 0 fully saturated rings. The minimum absolute atomic E-state index is 0.0321. The molecule has 0 saturated carbocycles. The highest BCUT2D eigenvalue weighted by Gasteiger charge is 2.40. The van der Waals surface area contributed by atoms with Gasteiger partial charge in [0, 0.05) is 11.0 Å². The summed E-state index contributed by atoms with van der Waals surface area (Å²) < 4.78 is 0. The van der Waals surface area contributed by atoms with E-state index in [1.165, 1.54) is 44.2 Å². The predicted molar refractivity (Wildman–Crippen MR) is 124 cm³/mol. The zero-order valence-electron chi connectivity index (χ0n) is 17.0. The van der Waals surface area contributed by atoms with Gasteiger partial charge in [-0.25, -0.2) is 0 Å². The second-order valence-corrected chi connectivity index (χ2v) is 8.02. The summed E-state index contributed by atoms with van der Waals surface area (Å²) in [7, 11) is 0. The molecule has 0 unspecified atom stereocenters. The number of rotatable bonds is 3. The molecule has 1 aliphatic carbocycles. The third-order valence-electron chi connectivity index (χ3n) is 6.82. The summed E-state index contributed by atoms with van der Waals surface area (Å²) in [6, 6.07) is 28.8. The van der Waals surface area contributed by atoms with Crippen molar-refractivity contribution in [2.24, 2.45) is 0 Å². The lowest BCUT2D eigenvalue weighted by atomic mass is 9.73. The van der Waals surface area contributed by atoms with Crippen LogP contribution in [-0.2, 0) is 5.41 Å². The Hall–Kier alpha value is -3.30. The average molecular weight is 373 g/mol. The highest BCUT2D eigenvalue weighted by molar-refractivity contribution is 5.89. The molecule has 0 nitrogen and oxygen atoms in total. The fraction of sp³-hybridized carbons (Fsp3) is 0.172. The predicted octanol–water partition coefficient (Wildman–Crippen LogP) is 7.57. The third-order valence-corrected chi connectivity index (χ3v) is 6.82. The van der Waals surface area contributed by atoms with Crippen LogP contribution in [0.1, 0.15) is 43.4 Å². The molecule has 0 saturated heterocycles. The van der Waals surface area contributed by atoms with E-state index in [4.69, 9.17) is 6.42 Å². The molecule has 0 aromatic heterocycles. The zero-order valence-corrected chi connectivity index (χ0v) is 17.0. The van der Waals surface area contributed by atoms with E-state index in [-0.39, 0.29) is 5.41 Å². The summed E-state index contributed by atoms with van der Waals surface area (Å²) in [5.41, 5.74) is 9.09. The van der Waals surface area contributed by atoms with E-state index in [2.05, 4.69) is 98.6 Å². The van der Waals surface area contributed by atoms with Crippen LogP contribution >= 0.6 is 0 Å². The summed E-state index contributed by atoms with van der Waals surface area (Å²) in [6.45, 7) is 4.60.